The van der Waals surface area contributed by atoms with Crippen LogP contribution in [0.15, 0.2) is 65.6 Å². The summed E-state index contributed by atoms with van der Waals surface area (Å²) in [7, 11) is 0.733. The molecule has 1 aliphatic carbocycles. The van der Waals surface area contributed by atoms with Gasteiger partial charge in [-0.2, -0.15) is 4.31 Å². The Labute approximate surface area is 215 Å². The molecule has 8 heteroatoms. The van der Waals surface area contributed by atoms with E-state index < -0.39 is 10.0 Å². The van der Waals surface area contributed by atoms with Gasteiger partial charge in [-0.3, -0.25) is 4.79 Å². The molecule has 0 aromatic heterocycles. The molecule has 0 bridgehead atoms. The van der Waals surface area contributed by atoms with E-state index in [1.54, 1.807) is 30.3 Å². The molecule has 0 radical (unpaired) electrons. The Balaban J connectivity index is 1.22. The summed E-state index contributed by atoms with van der Waals surface area (Å²) in [5.41, 5.74) is 1.35. The lowest BCUT2D eigenvalue weighted by Crippen LogP contribution is -2.45. The van der Waals surface area contributed by atoms with Gasteiger partial charge in [0.1, 0.15) is 6.61 Å². The normalized spacial score (nSPS) is 24.4. The summed E-state index contributed by atoms with van der Waals surface area (Å²) >= 11 is 0. The number of ether oxygens (including phenoxy) is 1. The van der Waals surface area contributed by atoms with E-state index in [2.05, 4.69) is 54.6 Å². The number of carbonyl (C=O) groups excluding carboxylic acids is 1. The molecular weight excluding hydrogens is 474 g/mol. The number of sulfonamides is 1. The highest BCUT2D eigenvalue weighted by molar-refractivity contribution is 7.89. The molecule has 1 saturated carbocycles. The number of nitrogens with one attached hydrogen (secondary N) is 1. The van der Waals surface area contributed by atoms with Crippen LogP contribution < -0.4 is 5.32 Å². The third-order valence-electron chi connectivity index (χ3n) is 7.45. The molecule has 2 aromatic rings. The molecule has 2 unspecified atom stereocenters. The second-order valence-electron chi connectivity index (χ2n) is 10.2. The lowest BCUT2D eigenvalue weighted by atomic mass is 9.78. The van der Waals surface area contributed by atoms with Crippen molar-refractivity contribution in [3.8, 4) is 0 Å². The van der Waals surface area contributed by atoms with Crippen LogP contribution in [-0.4, -0.2) is 69.5 Å². The Morgan fingerprint density at radius 1 is 1.00 bits per heavy atom. The molecule has 196 valence electrons. The highest BCUT2D eigenvalue weighted by Crippen LogP contribution is 2.37. The molecule has 1 N–H and O–H groups in total. The van der Waals surface area contributed by atoms with Gasteiger partial charge in [-0.05, 0) is 76.2 Å². The van der Waals surface area contributed by atoms with Crippen LogP contribution in [0.4, 0.5) is 0 Å². The Morgan fingerprint density at radius 3 is 2.28 bits per heavy atom. The fraction of sp³-hybridized carbons (Fsp3) is 0.536. The largest absolute Gasteiger partial charge is 0.367 e. The maximum absolute atomic E-state index is 12.9. The Morgan fingerprint density at radius 2 is 1.64 bits per heavy atom. The van der Waals surface area contributed by atoms with E-state index in [1.165, 1.54) is 9.87 Å². The number of piperidine rings is 1. The minimum absolute atomic E-state index is 0.0336. The van der Waals surface area contributed by atoms with Crippen LogP contribution in [0.1, 0.15) is 50.1 Å². The summed E-state index contributed by atoms with van der Waals surface area (Å²) in [6.45, 7) is 0.721. The Hall–Kier alpha value is -2.26. The average Bonchev–Trinajstić information content (AvgIpc) is 2.90. The van der Waals surface area contributed by atoms with E-state index in [0.717, 1.165) is 38.5 Å². The first-order valence-electron chi connectivity index (χ1n) is 13.0. The van der Waals surface area contributed by atoms with Crippen molar-refractivity contribution in [3.05, 3.63) is 66.2 Å². The summed E-state index contributed by atoms with van der Waals surface area (Å²) in [5, 5.41) is 3.14. The fourth-order valence-corrected chi connectivity index (χ4v) is 7.22. The van der Waals surface area contributed by atoms with Gasteiger partial charge in [0.25, 0.3) is 0 Å². The molecule has 2 fully saturated rings. The molecule has 1 heterocycles. The first-order valence-corrected chi connectivity index (χ1v) is 14.5. The molecule has 1 amide bonds. The molecule has 1 saturated heterocycles. The Kier molecular flexibility index (Phi) is 9.17. The third-order valence-corrected chi connectivity index (χ3v) is 9.33. The molecule has 0 spiro atoms. The maximum atomic E-state index is 12.9. The van der Waals surface area contributed by atoms with Gasteiger partial charge in [0.05, 0.1) is 11.0 Å². The van der Waals surface area contributed by atoms with Gasteiger partial charge in [0, 0.05) is 25.2 Å². The van der Waals surface area contributed by atoms with Crippen LogP contribution in [0.5, 0.6) is 0 Å². The minimum atomic E-state index is -3.55. The molecule has 2 aromatic carbocycles. The zero-order valence-corrected chi connectivity index (χ0v) is 22.2. The molecule has 2 aliphatic rings. The third kappa shape index (κ3) is 6.73. The zero-order valence-electron chi connectivity index (χ0n) is 21.4. The number of hydrogen-bond donors (Lipinski definition) is 1. The van der Waals surface area contributed by atoms with Gasteiger partial charge in [0.2, 0.25) is 15.9 Å². The van der Waals surface area contributed by atoms with Crippen LogP contribution in [0.2, 0.25) is 0 Å². The molecule has 7 nitrogen and oxygen atoms in total. The molecule has 4 rings (SSSR count). The van der Waals surface area contributed by atoms with E-state index in [4.69, 9.17) is 4.74 Å². The SMILES string of the molecule is CN(C)C(c1ccccc1)C1CCC(NC(=O)COC2CCCN(S(=O)(=O)c3ccccc3)C2)CC1. The van der Waals surface area contributed by atoms with Gasteiger partial charge >= 0.3 is 0 Å². The maximum Gasteiger partial charge on any atom is 0.246 e. The number of rotatable bonds is 9. The van der Waals surface area contributed by atoms with Crippen LogP contribution in [0, 0.1) is 5.92 Å². The summed E-state index contributed by atoms with van der Waals surface area (Å²) in [6, 6.07) is 19.7. The van der Waals surface area contributed by atoms with Gasteiger partial charge in [-0.25, -0.2) is 8.42 Å². The average molecular weight is 514 g/mol. The monoisotopic (exact) mass is 513 g/mol. The van der Waals surface area contributed by atoms with E-state index in [0.29, 0.717) is 23.4 Å². The second-order valence-corrected chi connectivity index (χ2v) is 12.2. The summed E-state index contributed by atoms with van der Waals surface area (Å²) < 4.78 is 33.2. The van der Waals surface area contributed by atoms with Gasteiger partial charge in [-0.15, -0.1) is 0 Å². The fourth-order valence-electron chi connectivity index (χ4n) is 5.69. The smallest absolute Gasteiger partial charge is 0.246 e. The predicted molar refractivity (Wildman–Crippen MR) is 141 cm³/mol. The van der Waals surface area contributed by atoms with Gasteiger partial charge in [-0.1, -0.05) is 48.5 Å². The van der Waals surface area contributed by atoms with Crippen molar-refractivity contribution >= 4 is 15.9 Å². The quantitative estimate of drug-likeness (QED) is 0.551. The van der Waals surface area contributed by atoms with Crippen LogP contribution in [-0.2, 0) is 19.6 Å². The zero-order chi connectivity index (χ0) is 25.5. The number of benzene rings is 2. The molecule has 1 aliphatic heterocycles. The minimum Gasteiger partial charge on any atom is -0.367 e. The van der Waals surface area contributed by atoms with Gasteiger partial charge in [0.15, 0.2) is 0 Å². The molecule has 2 atom stereocenters. The van der Waals surface area contributed by atoms with E-state index >= 15 is 0 Å². The lowest BCUT2D eigenvalue weighted by Gasteiger charge is -2.38. The summed E-state index contributed by atoms with van der Waals surface area (Å²) in [6.07, 6.45) is 5.25. The molecule has 36 heavy (non-hydrogen) atoms. The van der Waals surface area contributed by atoms with Crippen molar-refractivity contribution in [1.82, 2.24) is 14.5 Å². The lowest BCUT2D eigenvalue weighted by molar-refractivity contribution is -0.129. The van der Waals surface area contributed by atoms with Crippen molar-refractivity contribution in [2.24, 2.45) is 5.92 Å². The molecular formula is C28H39N3O4S. The number of hydrogen-bond acceptors (Lipinski definition) is 5. The topological polar surface area (TPSA) is 79.0 Å². The van der Waals surface area contributed by atoms with Crippen molar-refractivity contribution < 1.29 is 17.9 Å². The number of carbonyl (C=O) groups is 1. The van der Waals surface area contributed by atoms with Crippen LogP contribution in [0.3, 0.4) is 0 Å². The number of nitrogens with zero attached hydrogens (tertiary/aromatic N) is 2. The van der Waals surface area contributed by atoms with E-state index in [-0.39, 0.29) is 31.2 Å². The van der Waals surface area contributed by atoms with Crippen LogP contribution in [0.25, 0.3) is 0 Å². The van der Waals surface area contributed by atoms with Crippen molar-refractivity contribution in [1.29, 1.82) is 0 Å². The van der Waals surface area contributed by atoms with Crippen LogP contribution >= 0.6 is 0 Å². The van der Waals surface area contributed by atoms with Gasteiger partial charge < -0.3 is 15.0 Å². The first-order chi connectivity index (χ1) is 17.3. The predicted octanol–water partition coefficient (Wildman–Crippen LogP) is 3.83. The highest BCUT2D eigenvalue weighted by Gasteiger charge is 2.32. The highest BCUT2D eigenvalue weighted by atomic mass is 32.2. The van der Waals surface area contributed by atoms with Crippen molar-refractivity contribution in [2.45, 2.75) is 61.6 Å². The van der Waals surface area contributed by atoms with E-state index in [9.17, 15) is 13.2 Å². The summed E-state index contributed by atoms with van der Waals surface area (Å²) in [4.78, 5) is 15.2. The number of amides is 1. The van der Waals surface area contributed by atoms with E-state index in [1.807, 2.05) is 0 Å². The van der Waals surface area contributed by atoms with Crippen molar-refractivity contribution in [3.63, 3.8) is 0 Å². The second kappa shape index (κ2) is 12.3. The first kappa shape index (κ1) is 26.8. The van der Waals surface area contributed by atoms with Crippen molar-refractivity contribution in [2.75, 3.05) is 33.8 Å². The standard InChI is InChI=1S/C28H39N3O4S/c1-30(2)28(22-10-5-3-6-11-22)23-15-17-24(18-16-23)29-27(32)21-35-25-12-9-19-31(20-25)36(33,34)26-13-7-4-8-14-26/h3-8,10-11,13-14,23-25,28H,9,12,15-21H2,1-2H3,(H,29,32). The Bertz CT molecular complexity index is 1070. The summed E-state index contributed by atoms with van der Waals surface area (Å²) in [5.74, 6) is 0.445.